The average molecular weight is 196 g/mol. The van der Waals surface area contributed by atoms with Gasteiger partial charge >= 0.3 is 0 Å². The van der Waals surface area contributed by atoms with Gasteiger partial charge in [0.2, 0.25) is 0 Å². The Morgan fingerprint density at radius 2 is 2.43 bits per heavy atom. The Morgan fingerprint density at radius 3 is 3.14 bits per heavy atom. The van der Waals surface area contributed by atoms with Crippen LogP contribution in [0.1, 0.15) is 32.6 Å². The minimum absolute atomic E-state index is 0.643. The molecule has 0 aliphatic carbocycles. The molecule has 14 heavy (non-hydrogen) atoms. The maximum absolute atomic E-state index is 8.13. The van der Waals surface area contributed by atoms with E-state index in [0.29, 0.717) is 6.54 Å². The van der Waals surface area contributed by atoms with Crippen molar-refractivity contribution >= 4 is 0 Å². The molecule has 1 saturated heterocycles. The molecule has 1 fully saturated rings. The van der Waals surface area contributed by atoms with Crippen molar-refractivity contribution in [3.8, 4) is 0 Å². The first kappa shape index (κ1) is 11.3. The molecule has 1 unspecified atom stereocenters. The topological polar surface area (TPSA) is 52.0 Å². The van der Waals surface area contributed by atoms with Crippen LogP contribution < -0.4 is 0 Å². The second kappa shape index (κ2) is 6.68. The summed E-state index contributed by atoms with van der Waals surface area (Å²) in [5, 5.41) is 3.55. The summed E-state index contributed by atoms with van der Waals surface area (Å²) in [5.74, 6) is 0.892. The second-order valence-electron chi connectivity index (χ2n) is 4.03. The predicted molar refractivity (Wildman–Crippen MR) is 58.1 cm³/mol. The van der Waals surface area contributed by atoms with E-state index in [2.05, 4.69) is 21.8 Å². The largest absolute Gasteiger partial charge is 0.303 e. The first-order valence-electron chi connectivity index (χ1n) is 5.60. The first-order chi connectivity index (χ1) is 6.86. The average Bonchev–Trinajstić information content (AvgIpc) is 2.25. The standard InChI is InChI=1S/C10H20N4/c1-2-10-5-3-7-14(9-10)8-4-6-12-13-11/h10H,2-9H2,1H3. The van der Waals surface area contributed by atoms with E-state index in [9.17, 15) is 0 Å². The zero-order valence-corrected chi connectivity index (χ0v) is 9.02. The highest BCUT2D eigenvalue weighted by Crippen LogP contribution is 2.18. The Balaban J connectivity index is 2.14. The number of likely N-dealkylation sites (tertiary alicyclic amines) is 1. The minimum atomic E-state index is 0.643. The number of nitrogens with zero attached hydrogens (tertiary/aromatic N) is 4. The Bertz CT molecular complexity index is 198. The van der Waals surface area contributed by atoms with Gasteiger partial charge < -0.3 is 4.90 Å². The fourth-order valence-corrected chi connectivity index (χ4v) is 2.10. The molecule has 0 aromatic heterocycles. The van der Waals surface area contributed by atoms with Gasteiger partial charge in [-0.15, -0.1) is 0 Å². The highest BCUT2D eigenvalue weighted by Gasteiger charge is 2.17. The lowest BCUT2D eigenvalue weighted by Gasteiger charge is -2.32. The van der Waals surface area contributed by atoms with Gasteiger partial charge in [-0.2, -0.15) is 0 Å². The Labute approximate surface area is 85.9 Å². The van der Waals surface area contributed by atoms with Crippen LogP contribution in [0.3, 0.4) is 0 Å². The van der Waals surface area contributed by atoms with Crippen molar-refractivity contribution < 1.29 is 0 Å². The number of hydrogen-bond acceptors (Lipinski definition) is 2. The molecule has 0 bridgehead atoms. The van der Waals surface area contributed by atoms with Gasteiger partial charge in [0.15, 0.2) is 0 Å². The van der Waals surface area contributed by atoms with Gasteiger partial charge in [0.1, 0.15) is 0 Å². The third-order valence-corrected chi connectivity index (χ3v) is 2.98. The predicted octanol–water partition coefficient (Wildman–Crippen LogP) is 2.81. The van der Waals surface area contributed by atoms with Gasteiger partial charge in [-0.1, -0.05) is 18.5 Å². The molecule has 80 valence electrons. The highest BCUT2D eigenvalue weighted by atomic mass is 15.1. The van der Waals surface area contributed by atoms with Gasteiger partial charge in [-0.25, -0.2) is 0 Å². The molecule has 4 nitrogen and oxygen atoms in total. The zero-order chi connectivity index (χ0) is 10.2. The Hall–Kier alpha value is -0.730. The maximum atomic E-state index is 8.13. The summed E-state index contributed by atoms with van der Waals surface area (Å²) in [6.07, 6.45) is 5.02. The quantitative estimate of drug-likeness (QED) is 0.289. The van der Waals surface area contributed by atoms with Crippen molar-refractivity contribution in [1.29, 1.82) is 0 Å². The summed E-state index contributed by atoms with van der Waals surface area (Å²) in [4.78, 5) is 5.26. The second-order valence-corrected chi connectivity index (χ2v) is 4.03. The molecule has 0 radical (unpaired) electrons. The Kier molecular flexibility index (Phi) is 5.42. The zero-order valence-electron chi connectivity index (χ0n) is 9.02. The van der Waals surface area contributed by atoms with E-state index in [1.165, 1.54) is 32.4 Å². The summed E-state index contributed by atoms with van der Waals surface area (Å²) in [5.41, 5.74) is 8.13. The van der Waals surface area contributed by atoms with E-state index < -0.39 is 0 Å². The van der Waals surface area contributed by atoms with Crippen LogP contribution >= 0.6 is 0 Å². The Morgan fingerprint density at radius 1 is 1.57 bits per heavy atom. The number of rotatable bonds is 5. The smallest absolute Gasteiger partial charge is 0.0270 e. The van der Waals surface area contributed by atoms with Crippen LogP contribution in [0.4, 0.5) is 0 Å². The van der Waals surface area contributed by atoms with Crippen molar-refractivity contribution in [2.24, 2.45) is 11.0 Å². The van der Waals surface area contributed by atoms with E-state index in [1.54, 1.807) is 0 Å². The van der Waals surface area contributed by atoms with E-state index in [4.69, 9.17) is 5.53 Å². The SMILES string of the molecule is CCC1CCCN(CCCN=[N+]=[N-])C1. The van der Waals surface area contributed by atoms with Gasteiger partial charge in [0.25, 0.3) is 0 Å². The number of piperidine rings is 1. The summed E-state index contributed by atoms with van der Waals surface area (Å²) >= 11 is 0. The van der Waals surface area contributed by atoms with Crippen LogP contribution in [0.2, 0.25) is 0 Å². The molecule has 0 saturated carbocycles. The molecule has 0 aromatic carbocycles. The van der Waals surface area contributed by atoms with Gasteiger partial charge in [0.05, 0.1) is 0 Å². The summed E-state index contributed by atoms with van der Waals surface area (Å²) in [6, 6.07) is 0. The van der Waals surface area contributed by atoms with Crippen LogP contribution in [0.15, 0.2) is 5.11 Å². The lowest BCUT2D eigenvalue weighted by atomic mass is 9.95. The number of azide groups is 1. The van der Waals surface area contributed by atoms with E-state index in [0.717, 1.165) is 18.9 Å². The van der Waals surface area contributed by atoms with E-state index in [1.807, 2.05) is 0 Å². The van der Waals surface area contributed by atoms with Crippen LogP contribution in [0, 0.1) is 5.92 Å². The highest BCUT2D eigenvalue weighted by molar-refractivity contribution is 4.72. The molecule has 0 spiro atoms. The van der Waals surface area contributed by atoms with E-state index in [-0.39, 0.29) is 0 Å². The molecule has 1 heterocycles. The molecule has 1 rings (SSSR count). The molecule has 1 atom stereocenters. The molecule has 0 N–H and O–H groups in total. The van der Waals surface area contributed by atoms with Crippen molar-refractivity contribution in [2.45, 2.75) is 32.6 Å². The summed E-state index contributed by atoms with van der Waals surface area (Å²) < 4.78 is 0. The number of hydrogen-bond donors (Lipinski definition) is 0. The summed E-state index contributed by atoms with van der Waals surface area (Å²) in [7, 11) is 0. The fraction of sp³-hybridized carbons (Fsp3) is 1.00. The molecular formula is C10H20N4. The normalized spacial score (nSPS) is 23.1. The van der Waals surface area contributed by atoms with E-state index >= 15 is 0 Å². The van der Waals surface area contributed by atoms with Crippen LogP contribution in [-0.2, 0) is 0 Å². The van der Waals surface area contributed by atoms with Crippen molar-refractivity contribution in [1.82, 2.24) is 4.90 Å². The molecule has 0 aromatic rings. The van der Waals surface area contributed by atoms with Crippen LogP contribution in [0.25, 0.3) is 10.4 Å². The van der Waals surface area contributed by atoms with Gasteiger partial charge in [-0.3, -0.25) is 0 Å². The molecule has 1 aliphatic rings. The van der Waals surface area contributed by atoms with Gasteiger partial charge in [-0.05, 0) is 43.8 Å². The molecule has 4 heteroatoms. The third-order valence-electron chi connectivity index (χ3n) is 2.98. The first-order valence-corrected chi connectivity index (χ1v) is 5.60. The third kappa shape index (κ3) is 3.99. The molecule has 0 amide bonds. The summed E-state index contributed by atoms with van der Waals surface area (Å²) in [6.45, 7) is 6.48. The van der Waals surface area contributed by atoms with Crippen LogP contribution in [0.5, 0.6) is 0 Å². The lowest BCUT2D eigenvalue weighted by molar-refractivity contribution is 0.171. The monoisotopic (exact) mass is 196 g/mol. The van der Waals surface area contributed by atoms with Crippen molar-refractivity contribution in [2.75, 3.05) is 26.2 Å². The van der Waals surface area contributed by atoms with Gasteiger partial charge in [0, 0.05) is 18.0 Å². The lowest BCUT2D eigenvalue weighted by Crippen LogP contribution is -2.36. The fourth-order valence-electron chi connectivity index (χ4n) is 2.10. The molecule has 1 aliphatic heterocycles. The van der Waals surface area contributed by atoms with Crippen LogP contribution in [-0.4, -0.2) is 31.1 Å². The minimum Gasteiger partial charge on any atom is -0.303 e. The van der Waals surface area contributed by atoms with Crippen molar-refractivity contribution in [3.05, 3.63) is 10.4 Å². The molecular weight excluding hydrogens is 176 g/mol. The maximum Gasteiger partial charge on any atom is 0.0270 e. The van der Waals surface area contributed by atoms with Crippen molar-refractivity contribution in [3.63, 3.8) is 0 Å².